The number of carbonyl (C=O) groups excluding carboxylic acids is 1. The molecule has 3 rings (SSSR count). The van der Waals surface area contributed by atoms with Crippen molar-refractivity contribution < 1.29 is 9.90 Å². The van der Waals surface area contributed by atoms with Gasteiger partial charge in [0, 0.05) is 23.6 Å². The molecule has 0 bridgehead atoms. The molecule has 0 unspecified atom stereocenters. The van der Waals surface area contributed by atoms with Crippen LogP contribution in [0.3, 0.4) is 0 Å². The molecule has 1 amide bonds. The summed E-state index contributed by atoms with van der Waals surface area (Å²) in [5.41, 5.74) is 2.09. The minimum absolute atomic E-state index is 0.212. The van der Waals surface area contributed by atoms with E-state index in [0.29, 0.717) is 5.92 Å². The van der Waals surface area contributed by atoms with Crippen molar-refractivity contribution in [2.24, 2.45) is 5.92 Å². The predicted octanol–water partition coefficient (Wildman–Crippen LogP) is 2.58. The SMILES string of the molecule is CC(C)C#Cc1ccc([C@@H]2[C@@H](CO)N(C(=O)c3ccccn3)[C@H]2C#N)cc1. The average Bonchev–Trinajstić information content (AvgIpc) is 2.67. The Hall–Kier alpha value is -3.15. The molecule has 5 heteroatoms. The van der Waals surface area contributed by atoms with E-state index in [-0.39, 0.29) is 24.1 Å². The van der Waals surface area contributed by atoms with Gasteiger partial charge in [-0.25, -0.2) is 0 Å². The second-order valence-corrected chi connectivity index (χ2v) is 6.82. The lowest BCUT2D eigenvalue weighted by atomic mass is 9.75. The number of nitriles is 1. The Morgan fingerprint density at radius 3 is 2.56 bits per heavy atom. The summed E-state index contributed by atoms with van der Waals surface area (Å²) in [5.74, 6) is 5.95. The zero-order chi connectivity index (χ0) is 19.4. The van der Waals surface area contributed by atoms with Crippen LogP contribution < -0.4 is 0 Å². The number of rotatable bonds is 3. The first-order valence-electron chi connectivity index (χ1n) is 8.92. The molecule has 1 aliphatic heterocycles. The summed E-state index contributed by atoms with van der Waals surface area (Å²) in [5, 5.41) is 19.5. The van der Waals surface area contributed by atoms with Gasteiger partial charge in [0.25, 0.3) is 5.91 Å². The number of aliphatic hydroxyl groups is 1. The maximum absolute atomic E-state index is 12.7. The molecule has 0 spiro atoms. The molecule has 1 fully saturated rings. The number of benzene rings is 1. The van der Waals surface area contributed by atoms with E-state index in [0.717, 1.165) is 11.1 Å². The smallest absolute Gasteiger partial charge is 0.273 e. The van der Waals surface area contributed by atoms with E-state index in [2.05, 4.69) is 22.9 Å². The van der Waals surface area contributed by atoms with Crippen molar-refractivity contribution in [2.45, 2.75) is 31.8 Å². The number of nitrogens with zero attached hydrogens (tertiary/aromatic N) is 3. The number of likely N-dealkylation sites (tertiary alicyclic amines) is 1. The summed E-state index contributed by atoms with van der Waals surface area (Å²) in [6.45, 7) is 3.86. The normalized spacial score (nSPS) is 21.0. The zero-order valence-electron chi connectivity index (χ0n) is 15.3. The first-order chi connectivity index (χ1) is 13.1. The van der Waals surface area contributed by atoms with E-state index in [4.69, 9.17) is 0 Å². The number of amides is 1. The predicted molar refractivity (Wildman–Crippen MR) is 102 cm³/mol. The highest BCUT2D eigenvalue weighted by atomic mass is 16.3. The fraction of sp³-hybridized carbons (Fsp3) is 0.318. The molecule has 1 aromatic heterocycles. The average molecular weight is 359 g/mol. The summed E-state index contributed by atoms with van der Waals surface area (Å²) < 4.78 is 0. The highest BCUT2D eigenvalue weighted by molar-refractivity contribution is 5.94. The number of hydrogen-bond acceptors (Lipinski definition) is 4. The van der Waals surface area contributed by atoms with Crippen molar-refractivity contribution in [1.82, 2.24) is 9.88 Å². The second-order valence-electron chi connectivity index (χ2n) is 6.82. The summed E-state index contributed by atoms with van der Waals surface area (Å²) in [4.78, 5) is 18.2. The van der Waals surface area contributed by atoms with E-state index in [9.17, 15) is 15.2 Å². The van der Waals surface area contributed by atoms with Gasteiger partial charge in [0.15, 0.2) is 0 Å². The highest BCUT2D eigenvalue weighted by Gasteiger charge is 2.52. The van der Waals surface area contributed by atoms with Crippen LogP contribution >= 0.6 is 0 Å². The molecule has 1 saturated heterocycles. The lowest BCUT2D eigenvalue weighted by Crippen LogP contribution is -2.65. The van der Waals surface area contributed by atoms with E-state index in [1.54, 1.807) is 18.2 Å². The van der Waals surface area contributed by atoms with Crippen molar-refractivity contribution in [1.29, 1.82) is 5.26 Å². The number of aromatic nitrogens is 1. The molecule has 27 heavy (non-hydrogen) atoms. The van der Waals surface area contributed by atoms with E-state index < -0.39 is 12.1 Å². The van der Waals surface area contributed by atoms with Crippen LogP contribution in [-0.4, -0.2) is 39.6 Å². The van der Waals surface area contributed by atoms with Crippen LogP contribution in [0.15, 0.2) is 48.7 Å². The fourth-order valence-corrected chi connectivity index (χ4v) is 3.32. The van der Waals surface area contributed by atoms with Gasteiger partial charge in [-0.2, -0.15) is 5.26 Å². The van der Waals surface area contributed by atoms with E-state index >= 15 is 0 Å². The Balaban J connectivity index is 1.84. The Bertz CT molecular complexity index is 905. The molecule has 136 valence electrons. The largest absolute Gasteiger partial charge is 0.394 e. The lowest BCUT2D eigenvalue weighted by Gasteiger charge is -2.51. The van der Waals surface area contributed by atoms with Crippen molar-refractivity contribution in [2.75, 3.05) is 6.61 Å². The third-order valence-corrected chi connectivity index (χ3v) is 4.65. The van der Waals surface area contributed by atoms with E-state index in [1.807, 2.05) is 38.1 Å². The molecule has 3 atom stereocenters. The zero-order valence-corrected chi connectivity index (χ0v) is 15.3. The molecule has 1 N–H and O–H groups in total. The van der Waals surface area contributed by atoms with Crippen molar-refractivity contribution in [3.63, 3.8) is 0 Å². The molecule has 2 aromatic rings. The van der Waals surface area contributed by atoms with Crippen LogP contribution in [0.2, 0.25) is 0 Å². The van der Waals surface area contributed by atoms with Crippen LogP contribution in [-0.2, 0) is 0 Å². The van der Waals surface area contributed by atoms with Gasteiger partial charge >= 0.3 is 0 Å². The topological polar surface area (TPSA) is 77.2 Å². The monoisotopic (exact) mass is 359 g/mol. The third kappa shape index (κ3) is 3.69. The molecular formula is C22H21N3O2. The third-order valence-electron chi connectivity index (χ3n) is 4.65. The Kier molecular flexibility index (Phi) is 5.54. The molecule has 1 aromatic carbocycles. The first kappa shape index (κ1) is 18.6. The number of carbonyl (C=O) groups is 1. The summed E-state index contributed by atoms with van der Waals surface area (Å²) in [6.07, 6.45) is 1.54. The van der Waals surface area contributed by atoms with Crippen LogP contribution in [0.5, 0.6) is 0 Å². The van der Waals surface area contributed by atoms with Gasteiger partial charge in [-0.3, -0.25) is 9.78 Å². The van der Waals surface area contributed by atoms with Gasteiger partial charge in [-0.05, 0) is 29.8 Å². The van der Waals surface area contributed by atoms with Crippen LogP contribution in [0, 0.1) is 29.1 Å². The Morgan fingerprint density at radius 2 is 2.00 bits per heavy atom. The molecule has 0 aliphatic carbocycles. The molecule has 2 heterocycles. The second kappa shape index (κ2) is 8.03. The number of aliphatic hydroxyl groups excluding tert-OH is 1. The minimum atomic E-state index is -0.635. The molecular weight excluding hydrogens is 338 g/mol. The molecule has 0 radical (unpaired) electrons. The summed E-state index contributed by atoms with van der Waals surface area (Å²) >= 11 is 0. The Labute approximate surface area is 159 Å². The minimum Gasteiger partial charge on any atom is -0.394 e. The number of hydrogen-bond donors (Lipinski definition) is 1. The van der Waals surface area contributed by atoms with Gasteiger partial charge in [-0.1, -0.05) is 43.9 Å². The van der Waals surface area contributed by atoms with Crippen LogP contribution in [0.1, 0.15) is 41.4 Å². The highest BCUT2D eigenvalue weighted by Crippen LogP contribution is 2.41. The maximum atomic E-state index is 12.7. The van der Waals surface area contributed by atoms with Gasteiger partial charge in [-0.15, -0.1) is 0 Å². The van der Waals surface area contributed by atoms with Gasteiger partial charge in [0.2, 0.25) is 0 Å². The lowest BCUT2D eigenvalue weighted by molar-refractivity contribution is -0.00629. The standard InChI is InChI=1S/C22H21N3O2/c1-15(2)6-7-16-8-10-17(11-9-16)21-19(13-23)25(20(21)14-26)22(27)18-5-3-4-12-24-18/h3-5,8-12,15,19-21,26H,14H2,1-2H3/t19-,20+,21-/m0/s1. The summed E-state index contributed by atoms with van der Waals surface area (Å²) in [7, 11) is 0. The van der Waals surface area contributed by atoms with Gasteiger partial charge < -0.3 is 10.0 Å². The maximum Gasteiger partial charge on any atom is 0.273 e. The van der Waals surface area contributed by atoms with Crippen molar-refractivity contribution >= 4 is 5.91 Å². The summed E-state index contributed by atoms with van der Waals surface area (Å²) in [6, 6.07) is 13.9. The first-order valence-corrected chi connectivity index (χ1v) is 8.92. The molecule has 5 nitrogen and oxygen atoms in total. The van der Waals surface area contributed by atoms with Crippen molar-refractivity contribution in [3.8, 4) is 17.9 Å². The van der Waals surface area contributed by atoms with Crippen LogP contribution in [0.25, 0.3) is 0 Å². The van der Waals surface area contributed by atoms with Gasteiger partial charge in [0.1, 0.15) is 11.7 Å². The quantitative estimate of drug-likeness (QED) is 0.855. The van der Waals surface area contributed by atoms with E-state index in [1.165, 1.54) is 11.1 Å². The molecule has 0 saturated carbocycles. The van der Waals surface area contributed by atoms with Crippen molar-refractivity contribution in [3.05, 3.63) is 65.5 Å². The van der Waals surface area contributed by atoms with Crippen LogP contribution in [0.4, 0.5) is 0 Å². The fourth-order valence-electron chi connectivity index (χ4n) is 3.32. The molecule has 1 aliphatic rings. The number of pyridine rings is 1. The van der Waals surface area contributed by atoms with Gasteiger partial charge in [0.05, 0.1) is 18.7 Å². The Morgan fingerprint density at radius 1 is 1.26 bits per heavy atom.